The second kappa shape index (κ2) is 5.71. The number of nitrogens with zero attached hydrogens (tertiary/aromatic N) is 3. The third-order valence-electron chi connectivity index (χ3n) is 3.15. The van der Waals surface area contributed by atoms with Crippen LogP contribution in [0.4, 0.5) is 5.95 Å². The number of nitrogens with one attached hydrogen (secondary N) is 1. The Morgan fingerprint density at radius 1 is 1.05 bits per heavy atom. The minimum absolute atomic E-state index is 0.641. The highest BCUT2D eigenvalue weighted by molar-refractivity contribution is 5.43. The summed E-state index contributed by atoms with van der Waals surface area (Å²) < 4.78 is 1.76. The largest absolute Gasteiger partial charge is 0.349 e. The zero-order valence-corrected chi connectivity index (χ0v) is 11.2. The monoisotopic (exact) mass is 267 g/mol. The molecule has 0 aliphatic carbocycles. The molecule has 3 aromatic rings. The van der Waals surface area contributed by atoms with E-state index in [-0.39, 0.29) is 0 Å². The van der Waals surface area contributed by atoms with E-state index in [1.54, 1.807) is 4.52 Å². The van der Waals surface area contributed by atoms with Crippen LogP contribution in [0.15, 0.2) is 48.7 Å². The summed E-state index contributed by atoms with van der Waals surface area (Å²) in [6.07, 6.45) is 2.80. The summed E-state index contributed by atoms with van der Waals surface area (Å²) in [4.78, 5) is 4.40. The van der Waals surface area contributed by atoms with Crippen molar-refractivity contribution in [2.45, 2.75) is 13.0 Å². The van der Waals surface area contributed by atoms with Crippen molar-refractivity contribution < 1.29 is 0 Å². The Bertz CT molecular complexity index is 654. The van der Waals surface area contributed by atoms with Crippen molar-refractivity contribution in [1.29, 1.82) is 0 Å². The maximum Gasteiger partial charge on any atom is 0.243 e. The molecular weight excluding hydrogens is 250 g/mol. The molecule has 3 N–H and O–H groups in total. The molecule has 0 saturated heterocycles. The van der Waals surface area contributed by atoms with E-state index >= 15 is 0 Å². The van der Waals surface area contributed by atoms with E-state index in [0.717, 1.165) is 12.1 Å². The minimum Gasteiger partial charge on any atom is -0.349 e. The maximum absolute atomic E-state index is 5.54. The van der Waals surface area contributed by atoms with Gasteiger partial charge in [-0.15, -0.1) is 5.10 Å². The van der Waals surface area contributed by atoms with Crippen LogP contribution < -0.4 is 11.1 Å². The summed E-state index contributed by atoms with van der Waals surface area (Å²) in [7, 11) is 0. The van der Waals surface area contributed by atoms with Gasteiger partial charge in [0.1, 0.15) is 0 Å². The number of rotatable bonds is 5. The Morgan fingerprint density at radius 2 is 1.85 bits per heavy atom. The molecule has 2 aromatic heterocycles. The van der Waals surface area contributed by atoms with E-state index in [0.29, 0.717) is 19.0 Å². The Morgan fingerprint density at radius 3 is 2.60 bits per heavy atom. The lowest BCUT2D eigenvalue weighted by atomic mass is 10.1. The molecule has 102 valence electrons. The van der Waals surface area contributed by atoms with Gasteiger partial charge in [0.25, 0.3) is 0 Å². The van der Waals surface area contributed by atoms with Gasteiger partial charge in [0.2, 0.25) is 5.95 Å². The fraction of sp³-hybridized carbons (Fsp3) is 0.200. The Hall–Kier alpha value is -2.40. The zero-order valence-electron chi connectivity index (χ0n) is 11.2. The molecule has 0 saturated carbocycles. The second-order valence-corrected chi connectivity index (χ2v) is 4.65. The molecule has 20 heavy (non-hydrogen) atoms. The van der Waals surface area contributed by atoms with Gasteiger partial charge in [0, 0.05) is 12.7 Å². The molecular formula is C15H17N5. The number of aromatic nitrogens is 3. The van der Waals surface area contributed by atoms with E-state index in [1.165, 1.54) is 11.1 Å². The predicted molar refractivity (Wildman–Crippen MR) is 79.5 cm³/mol. The number of fused-ring (bicyclic) bond motifs is 1. The first-order valence-electron chi connectivity index (χ1n) is 6.68. The number of anilines is 1. The summed E-state index contributed by atoms with van der Waals surface area (Å²) >= 11 is 0. The van der Waals surface area contributed by atoms with Gasteiger partial charge < -0.3 is 11.1 Å². The molecule has 0 fully saturated rings. The van der Waals surface area contributed by atoms with Gasteiger partial charge in [-0.25, -0.2) is 4.52 Å². The summed E-state index contributed by atoms with van der Waals surface area (Å²) in [5.41, 5.74) is 8.84. The summed E-state index contributed by atoms with van der Waals surface area (Å²) in [5, 5.41) is 7.59. The first kappa shape index (κ1) is 12.6. The zero-order chi connectivity index (χ0) is 13.8. The Balaban J connectivity index is 1.66. The highest BCUT2D eigenvalue weighted by atomic mass is 15.3. The van der Waals surface area contributed by atoms with Crippen molar-refractivity contribution in [3.8, 4) is 0 Å². The molecule has 5 heteroatoms. The van der Waals surface area contributed by atoms with E-state index in [2.05, 4.69) is 39.7 Å². The predicted octanol–water partition coefficient (Wildman–Crippen LogP) is 1.84. The van der Waals surface area contributed by atoms with Gasteiger partial charge in [-0.2, -0.15) is 4.98 Å². The number of pyridine rings is 1. The van der Waals surface area contributed by atoms with E-state index < -0.39 is 0 Å². The van der Waals surface area contributed by atoms with Crippen LogP contribution in [0.25, 0.3) is 5.65 Å². The van der Waals surface area contributed by atoms with Gasteiger partial charge >= 0.3 is 0 Å². The molecule has 0 unspecified atom stereocenters. The molecule has 0 radical (unpaired) electrons. The Labute approximate surface area is 117 Å². The molecule has 0 atom stereocenters. The van der Waals surface area contributed by atoms with E-state index in [9.17, 15) is 0 Å². The lowest BCUT2D eigenvalue weighted by molar-refractivity contribution is 0.947. The molecule has 0 bridgehead atoms. The first-order valence-corrected chi connectivity index (χ1v) is 6.68. The third-order valence-corrected chi connectivity index (χ3v) is 3.15. The highest BCUT2D eigenvalue weighted by Crippen LogP contribution is 2.08. The Kier molecular flexibility index (Phi) is 3.60. The van der Waals surface area contributed by atoms with Gasteiger partial charge in [0.15, 0.2) is 5.65 Å². The van der Waals surface area contributed by atoms with Crippen molar-refractivity contribution >= 4 is 11.6 Å². The van der Waals surface area contributed by atoms with Crippen LogP contribution in [0.5, 0.6) is 0 Å². The standard InChI is InChI=1S/C15H17N5/c16-9-8-12-4-6-13(7-5-12)11-17-15-18-14-3-1-2-10-20(14)19-15/h1-7,10H,8-9,11,16H2,(H,17,19). The van der Waals surface area contributed by atoms with Gasteiger partial charge in [-0.05, 0) is 36.2 Å². The summed E-state index contributed by atoms with van der Waals surface area (Å²) in [6.45, 7) is 1.39. The van der Waals surface area contributed by atoms with Crippen LogP contribution in [0.3, 0.4) is 0 Å². The van der Waals surface area contributed by atoms with Crippen LogP contribution >= 0.6 is 0 Å². The van der Waals surface area contributed by atoms with Crippen molar-refractivity contribution in [2.24, 2.45) is 5.73 Å². The normalized spacial score (nSPS) is 10.8. The topological polar surface area (TPSA) is 68.2 Å². The lowest BCUT2D eigenvalue weighted by Gasteiger charge is -2.04. The van der Waals surface area contributed by atoms with Crippen molar-refractivity contribution in [3.63, 3.8) is 0 Å². The van der Waals surface area contributed by atoms with Crippen molar-refractivity contribution in [3.05, 3.63) is 59.8 Å². The number of nitrogens with two attached hydrogens (primary N) is 1. The molecule has 0 aliphatic heterocycles. The fourth-order valence-corrected chi connectivity index (χ4v) is 2.08. The van der Waals surface area contributed by atoms with E-state index in [1.807, 2.05) is 24.4 Å². The van der Waals surface area contributed by atoms with Crippen molar-refractivity contribution in [2.75, 3.05) is 11.9 Å². The highest BCUT2D eigenvalue weighted by Gasteiger charge is 2.02. The molecule has 3 rings (SSSR count). The first-order chi connectivity index (χ1) is 9.85. The lowest BCUT2D eigenvalue weighted by Crippen LogP contribution is -2.04. The van der Waals surface area contributed by atoms with Crippen LogP contribution in [-0.4, -0.2) is 21.1 Å². The van der Waals surface area contributed by atoms with Crippen molar-refractivity contribution in [1.82, 2.24) is 14.6 Å². The summed E-state index contributed by atoms with van der Waals surface area (Å²) in [5.74, 6) is 0.641. The van der Waals surface area contributed by atoms with Crippen LogP contribution in [-0.2, 0) is 13.0 Å². The molecule has 1 aromatic carbocycles. The van der Waals surface area contributed by atoms with E-state index in [4.69, 9.17) is 5.73 Å². The van der Waals surface area contributed by atoms with Gasteiger partial charge in [-0.1, -0.05) is 30.3 Å². The molecule has 0 amide bonds. The average molecular weight is 267 g/mol. The SMILES string of the molecule is NCCc1ccc(CNc2nc3ccccn3n2)cc1. The van der Waals surface area contributed by atoms with Crippen LogP contribution in [0.1, 0.15) is 11.1 Å². The minimum atomic E-state index is 0.641. The van der Waals surface area contributed by atoms with Crippen LogP contribution in [0.2, 0.25) is 0 Å². The number of hydrogen-bond acceptors (Lipinski definition) is 4. The number of hydrogen-bond donors (Lipinski definition) is 2. The molecule has 2 heterocycles. The third kappa shape index (κ3) is 2.78. The molecule has 0 aliphatic rings. The summed E-state index contributed by atoms with van der Waals surface area (Å²) in [6, 6.07) is 14.2. The van der Waals surface area contributed by atoms with Crippen LogP contribution in [0, 0.1) is 0 Å². The number of benzene rings is 1. The molecule has 5 nitrogen and oxygen atoms in total. The smallest absolute Gasteiger partial charge is 0.243 e. The van der Waals surface area contributed by atoms with Gasteiger partial charge in [0.05, 0.1) is 0 Å². The average Bonchev–Trinajstić information content (AvgIpc) is 2.90. The second-order valence-electron chi connectivity index (χ2n) is 4.65. The van der Waals surface area contributed by atoms with Gasteiger partial charge in [-0.3, -0.25) is 0 Å². The quantitative estimate of drug-likeness (QED) is 0.740. The maximum atomic E-state index is 5.54. The molecule has 0 spiro atoms. The fourth-order valence-electron chi connectivity index (χ4n) is 2.08.